The predicted octanol–water partition coefficient (Wildman–Crippen LogP) is 4.63. The maximum Gasteiger partial charge on any atom is 0.295 e. The number of ketones is 1. The Morgan fingerprint density at radius 3 is 2.50 bits per heavy atom. The molecule has 1 atom stereocenters. The Kier molecular flexibility index (Phi) is 5.25. The summed E-state index contributed by atoms with van der Waals surface area (Å²) in [6, 6.07) is 17.9. The number of furan rings is 1. The molecule has 34 heavy (non-hydrogen) atoms. The molecule has 1 amide bonds. The van der Waals surface area contributed by atoms with E-state index in [1.54, 1.807) is 73.8 Å². The van der Waals surface area contributed by atoms with Gasteiger partial charge in [0.15, 0.2) is 22.9 Å². The highest BCUT2D eigenvalue weighted by molar-refractivity contribution is 6.20. The van der Waals surface area contributed by atoms with Crippen LogP contribution in [0.2, 0.25) is 0 Å². The van der Waals surface area contributed by atoms with Crippen LogP contribution in [0, 0.1) is 0 Å². The number of para-hydroxylation sites is 1. The molecule has 8 heteroatoms. The molecule has 8 nitrogen and oxygen atoms in total. The van der Waals surface area contributed by atoms with Crippen LogP contribution in [-0.2, 0) is 4.79 Å². The number of rotatable bonds is 6. The summed E-state index contributed by atoms with van der Waals surface area (Å²) in [4.78, 5) is 32.4. The third kappa shape index (κ3) is 3.36. The summed E-state index contributed by atoms with van der Waals surface area (Å²) in [5, 5.41) is 11.5. The van der Waals surface area contributed by atoms with Gasteiger partial charge in [0.1, 0.15) is 11.6 Å². The molecule has 1 aliphatic heterocycles. The van der Waals surface area contributed by atoms with Crippen molar-refractivity contribution in [1.82, 2.24) is 4.98 Å². The number of aliphatic hydroxyl groups excluding tert-OH is 1. The normalized spacial score (nSPS) is 15.8. The van der Waals surface area contributed by atoms with Crippen LogP contribution in [0.4, 0.5) is 5.82 Å². The van der Waals surface area contributed by atoms with E-state index in [2.05, 4.69) is 4.98 Å². The van der Waals surface area contributed by atoms with E-state index in [1.807, 2.05) is 0 Å². The smallest absolute Gasteiger partial charge is 0.295 e. The third-order valence-corrected chi connectivity index (χ3v) is 5.73. The quantitative estimate of drug-likeness (QED) is 0.422. The summed E-state index contributed by atoms with van der Waals surface area (Å²) >= 11 is 0. The number of ether oxygens (including phenoxy) is 2. The van der Waals surface area contributed by atoms with Crippen molar-refractivity contribution >= 4 is 28.5 Å². The van der Waals surface area contributed by atoms with Gasteiger partial charge in [0.25, 0.3) is 5.91 Å². The number of methoxy groups -OCH3 is 2. The molecule has 2 aromatic heterocycles. The van der Waals surface area contributed by atoms with Crippen molar-refractivity contribution in [2.24, 2.45) is 0 Å². The molecule has 0 radical (unpaired) electrons. The third-order valence-electron chi connectivity index (χ3n) is 5.73. The molecule has 1 aliphatic rings. The number of carbonyl (C=O) groups is 2. The van der Waals surface area contributed by atoms with Crippen molar-refractivity contribution in [2.45, 2.75) is 6.04 Å². The first-order chi connectivity index (χ1) is 16.5. The summed E-state index contributed by atoms with van der Waals surface area (Å²) in [5.74, 6) is -0.616. The Morgan fingerprint density at radius 2 is 1.82 bits per heavy atom. The van der Waals surface area contributed by atoms with E-state index in [1.165, 1.54) is 18.2 Å². The van der Waals surface area contributed by atoms with Gasteiger partial charge >= 0.3 is 0 Å². The number of amides is 1. The molecule has 2 aromatic carbocycles. The molecule has 170 valence electrons. The van der Waals surface area contributed by atoms with E-state index in [0.717, 1.165) is 0 Å². The predicted molar refractivity (Wildman–Crippen MR) is 124 cm³/mol. The van der Waals surface area contributed by atoms with Crippen LogP contribution in [0.25, 0.3) is 11.0 Å². The number of aromatic nitrogens is 1. The summed E-state index contributed by atoms with van der Waals surface area (Å²) < 4.78 is 16.4. The van der Waals surface area contributed by atoms with Gasteiger partial charge in [0.05, 0.1) is 25.8 Å². The van der Waals surface area contributed by atoms with Crippen LogP contribution in [0.15, 0.2) is 88.7 Å². The highest BCUT2D eigenvalue weighted by Crippen LogP contribution is 2.42. The SMILES string of the molecule is COc1ccc(C2C(C(=O)c3cc4cccc(OC)c4o3)=C(O)C(=O)N2c2ccccn2)cc1. The lowest BCUT2D eigenvalue weighted by Crippen LogP contribution is -2.31. The molecule has 1 N–H and O–H groups in total. The van der Waals surface area contributed by atoms with E-state index >= 15 is 0 Å². The first kappa shape index (κ1) is 21.3. The summed E-state index contributed by atoms with van der Waals surface area (Å²) in [7, 11) is 3.05. The topological polar surface area (TPSA) is 102 Å². The van der Waals surface area contributed by atoms with Gasteiger partial charge in [-0.05, 0) is 42.0 Å². The van der Waals surface area contributed by atoms with Gasteiger partial charge in [-0.15, -0.1) is 0 Å². The van der Waals surface area contributed by atoms with Crippen LogP contribution in [-0.4, -0.2) is 36.0 Å². The summed E-state index contributed by atoms with van der Waals surface area (Å²) in [5.41, 5.74) is 0.903. The van der Waals surface area contributed by atoms with Crippen molar-refractivity contribution in [2.75, 3.05) is 19.1 Å². The summed E-state index contributed by atoms with van der Waals surface area (Å²) in [6.07, 6.45) is 1.54. The van der Waals surface area contributed by atoms with Gasteiger partial charge < -0.3 is 19.0 Å². The monoisotopic (exact) mass is 456 g/mol. The van der Waals surface area contributed by atoms with Crippen LogP contribution in [0.3, 0.4) is 0 Å². The molecule has 1 unspecified atom stereocenters. The second-order valence-electron chi connectivity index (χ2n) is 7.62. The zero-order valence-electron chi connectivity index (χ0n) is 18.4. The van der Waals surface area contributed by atoms with Gasteiger partial charge in [-0.25, -0.2) is 4.98 Å². The average Bonchev–Trinajstić information content (AvgIpc) is 3.43. The molecule has 0 aliphatic carbocycles. The number of anilines is 1. The molecule has 0 bridgehead atoms. The highest BCUT2D eigenvalue weighted by atomic mass is 16.5. The molecule has 5 rings (SSSR count). The number of nitrogens with zero attached hydrogens (tertiary/aromatic N) is 2. The highest BCUT2D eigenvalue weighted by Gasteiger charge is 2.46. The minimum Gasteiger partial charge on any atom is -0.503 e. The van der Waals surface area contributed by atoms with Crippen LogP contribution >= 0.6 is 0 Å². The minimum atomic E-state index is -0.920. The molecule has 0 saturated heterocycles. The second kappa shape index (κ2) is 8.40. The lowest BCUT2D eigenvalue weighted by molar-refractivity contribution is -0.117. The summed E-state index contributed by atoms with van der Waals surface area (Å²) in [6.45, 7) is 0. The first-order valence-corrected chi connectivity index (χ1v) is 10.5. The molecular formula is C26H20N2O6. The fourth-order valence-corrected chi connectivity index (χ4v) is 4.11. The largest absolute Gasteiger partial charge is 0.503 e. The van der Waals surface area contributed by atoms with Crippen molar-refractivity contribution in [3.05, 3.63) is 95.6 Å². The number of fused-ring (bicyclic) bond motifs is 1. The van der Waals surface area contributed by atoms with Gasteiger partial charge in [-0.2, -0.15) is 0 Å². The number of benzene rings is 2. The van der Waals surface area contributed by atoms with E-state index in [-0.39, 0.29) is 11.3 Å². The van der Waals surface area contributed by atoms with E-state index in [4.69, 9.17) is 13.9 Å². The van der Waals surface area contributed by atoms with Crippen molar-refractivity contribution in [3.63, 3.8) is 0 Å². The number of aliphatic hydroxyl groups is 1. The maximum atomic E-state index is 13.7. The Morgan fingerprint density at radius 1 is 1.03 bits per heavy atom. The van der Waals surface area contributed by atoms with E-state index in [9.17, 15) is 14.7 Å². The fourth-order valence-electron chi connectivity index (χ4n) is 4.11. The second-order valence-corrected chi connectivity index (χ2v) is 7.62. The van der Waals surface area contributed by atoms with Crippen LogP contribution < -0.4 is 14.4 Å². The zero-order chi connectivity index (χ0) is 23.8. The van der Waals surface area contributed by atoms with Crippen molar-refractivity contribution in [1.29, 1.82) is 0 Å². The van der Waals surface area contributed by atoms with Crippen LogP contribution in [0.5, 0.6) is 11.5 Å². The van der Waals surface area contributed by atoms with Gasteiger partial charge in [0, 0.05) is 11.6 Å². The molecule has 0 saturated carbocycles. The van der Waals surface area contributed by atoms with Gasteiger partial charge in [-0.3, -0.25) is 14.5 Å². The molecule has 4 aromatic rings. The van der Waals surface area contributed by atoms with Crippen LogP contribution in [0.1, 0.15) is 22.2 Å². The molecule has 0 fully saturated rings. The number of pyridine rings is 1. The van der Waals surface area contributed by atoms with E-state index < -0.39 is 23.5 Å². The Bertz CT molecular complexity index is 1420. The van der Waals surface area contributed by atoms with Gasteiger partial charge in [-0.1, -0.05) is 30.3 Å². The standard InChI is InChI=1S/C26H20N2O6/c1-32-17-11-9-15(10-12-17)22-21(24(30)26(31)28(22)20-8-3-4-13-27-20)23(29)19-14-16-6-5-7-18(33-2)25(16)34-19/h3-14,22,30H,1-2H3. The molecule has 0 spiro atoms. The Balaban J connectivity index is 1.65. The van der Waals surface area contributed by atoms with Crippen molar-refractivity contribution in [3.8, 4) is 11.5 Å². The first-order valence-electron chi connectivity index (χ1n) is 10.5. The lowest BCUT2D eigenvalue weighted by atomic mass is 9.95. The number of hydrogen-bond acceptors (Lipinski definition) is 7. The van der Waals surface area contributed by atoms with E-state index in [0.29, 0.717) is 33.8 Å². The zero-order valence-corrected chi connectivity index (χ0v) is 18.4. The fraction of sp³-hybridized carbons (Fsp3) is 0.115. The molecule has 3 heterocycles. The lowest BCUT2D eigenvalue weighted by Gasteiger charge is -2.25. The number of carbonyl (C=O) groups excluding carboxylic acids is 2. The molecular weight excluding hydrogens is 436 g/mol. The Labute approximate surface area is 194 Å². The Hall–Kier alpha value is -4.59. The average molecular weight is 456 g/mol. The van der Waals surface area contributed by atoms with Crippen molar-refractivity contribution < 1.29 is 28.6 Å². The minimum absolute atomic E-state index is 0.0183. The number of hydrogen-bond donors (Lipinski definition) is 1. The maximum absolute atomic E-state index is 13.7. The number of Topliss-reactive ketones (excluding diaryl/α,β-unsaturated/α-hetero) is 1. The van der Waals surface area contributed by atoms with Gasteiger partial charge in [0.2, 0.25) is 5.78 Å².